The molecule has 1 unspecified atom stereocenters. The Bertz CT molecular complexity index is 278. The summed E-state index contributed by atoms with van der Waals surface area (Å²) in [5, 5.41) is 12.0. The van der Waals surface area contributed by atoms with E-state index in [0.717, 1.165) is 38.5 Å². The van der Waals surface area contributed by atoms with Crippen LogP contribution in [0.2, 0.25) is 0 Å². The number of hydrogen-bond donors (Lipinski definition) is 2. The predicted molar refractivity (Wildman–Crippen MR) is 54.3 cm³/mol. The molecule has 2 fully saturated rings. The van der Waals surface area contributed by atoms with Gasteiger partial charge in [-0.25, -0.2) is 4.79 Å². The van der Waals surface area contributed by atoms with Crippen LogP contribution >= 0.6 is 0 Å². The zero-order valence-corrected chi connectivity index (χ0v) is 8.79. The lowest BCUT2D eigenvalue weighted by molar-refractivity contribution is -0.151. The highest BCUT2D eigenvalue weighted by Crippen LogP contribution is 2.56. The van der Waals surface area contributed by atoms with Gasteiger partial charge in [-0.15, -0.1) is 0 Å². The molecule has 2 rings (SSSR count). The van der Waals surface area contributed by atoms with E-state index in [1.165, 1.54) is 0 Å². The fraction of sp³-hybridized carbons (Fsp3) is 0.818. The van der Waals surface area contributed by atoms with E-state index < -0.39 is 11.5 Å². The van der Waals surface area contributed by atoms with Crippen molar-refractivity contribution in [3.63, 3.8) is 0 Å². The van der Waals surface area contributed by atoms with Gasteiger partial charge in [-0.1, -0.05) is 12.8 Å². The molecule has 2 aliphatic carbocycles. The van der Waals surface area contributed by atoms with E-state index in [9.17, 15) is 14.7 Å². The Hall–Kier alpha value is -1.06. The summed E-state index contributed by atoms with van der Waals surface area (Å²) in [5.41, 5.74) is -1.15. The summed E-state index contributed by atoms with van der Waals surface area (Å²) in [6, 6.07) is 0. The van der Waals surface area contributed by atoms with Gasteiger partial charge in [-0.05, 0) is 32.1 Å². The predicted octanol–water partition coefficient (Wildman–Crippen LogP) is 1.30. The molecule has 84 valence electrons. The molecular weight excluding hydrogens is 194 g/mol. The molecule has 1 amide bonds. The van der Waals surface area contributed by atoms with Gasteiger partial charge in [0, 0.05) is 5.41 Å². The zero-order valence-electron chi connectivity index (χ0n) is 8.79. The summed E-state index contributed by atoms with van der Waals surface area (Å²) in [6.07, 6.45) is 7.07. The summed E-state index contributed by atoms with van der Waals surface area (Å²) in [4.78, 5) is 22.1. The first-order valence-corrected chi connectivity index (χ1v) is 5.62. The second-order valence-electron chi connectivity index (χ2n) is 4.81. The average Bonchev–Trinajstić information content (AvgIpc) is 2.78. The highest BCUT2D eigenvalue weighted by molar-refractivity contribution is 5.83. The number of carbonyl (C=O) groups excluding carboxylic acids is 1. The molecule has 4 nitrogen and oxygen atoms in total. The molecule has 0 aromatic heterocycles. The number of carbonyl (C=O) groups is 2. The maximum Gasteiger partial charge on any atom is 0.329 e. The molecule has 15 heavy (non-hydrogen) atoms. The van der Waals surface area contributed by atoms with Gasteiger partial charge in [0.25, 0.3) is 0 Å². The maximum atomic E-state index is 11.5. The van der Waals surface area contributed by atoms with E-state index in [2.05, 4.69) is 5.32 Å². The largest absolute Gasteiger partial charge is 0.479 e. The molecule has 0 radical (unpaired) electrons. The molecule has 0 aromatic rings. The first-order valence-electron chi connectivity index (χ1n) is 5.62. The minimum atomic E-state index is -0.981. The summed E-state index contributed by atoms with van der Waals surface area (Å²) >= 11 is 0. The second kappa shape index (κ2) is 3.51. The Morgan fingerprint density at radius 1 is 1.13 bits per heavy atom. The van der Waals surface area contributed by atoms with Gasteiger partial charge in [0.05, 0.1) is 0 Å². The molecule has 0 aromatic carbocycles. The maximum absolute atomic E-state index is 11.5. The molecule has 0 saturated heterocycles. The van der Waals surface area contributed by atoms with E-state index in [4.69, 9.17) is 0 Å². The zero-order chi connectivity index (χ0) is 10.9. The lowest BCUT2D eigenvalue weighted by Crippen LogP contribution is -2.59. The third-order valence-electron chi connectivity index (χ3n) is 4.34. The van der Waals surface area contributed by atoms with Crippen LogP contribution < -0.4 is 5.32 Å². The van der Waals surface area contributed by atoms with Gasteiger partial charge in [0.1, 0.15) is 5.54 Å². The van der Waals surface area contributed by atoms with Gasteiger partial charge >= 0.3 is 5.97 Å². The molecule has 1 spiro atoms. The van der Waals surface area contributed by atoms with E-state index in [0.29, 0.717) is 12.8 Å². The molecule has 2 saturated carbocycles. The van der Waals surface area contributed by atoms with Crippen molar-refractivity contribution in [3.05, 3.63) is 0 Å². The summed E-state index contributed by atoms with van der Waals surface area (Å²) in [6.45, 7) is 0. The number of carboxylic acid groups (broad SMARTS) is 1. The van der Waals surface area contributed by atoms with Crippen LogP contribution in [0.5, 0.6) is 0 Å². The van der Waals surface area contributed by atoms with E-state index in [-0.39, 0.29) is 5.41 Å². The molecule has 1 atom stereocenters. The monoisotopic (exact) mass is 211 g/mol. The fourth-order valence-corrected chi connectivity index (χ4v) is 3.62. The Morgan fingerprint density at radius 3 is 2.27 bits per heavy atom. The fourth-order valence-electron chi connectivity index (χ4n) is 3.62. The van der Waals surface area contributed by atoms with Crippen molar-refractivity contribution in [2.45, 2.75) is 50.5 Å². The number of aliphatic carboxylic acids is 1. The number of amides is 1. The SMILES string of the molecule is O=CNC1(C(=O)O)CCCC12CCCC2. The highest BCUT2D eigenvalue weighted by Gasteiger charge is 2.60. The molecular formula is C11H17NO3. The Kier molecular flexibility index (Phi) is 2.44. The van der Waals surface area contributed by atoms with Crippen LogP contribution in [0.4, 0.5) is 0 Å². The van der Waals surface area contributed by atoms with Gasteiger partial charge in [-0.2, -0.15) is 0 Å². The third-order valence-corrected chi connectivity index (χ3v) is 4.34. The number of rotatable bonds is 3. The third kappa shape index (κ3) is 1.27. The Morgan fingerprint density at radius 2 is 1.73 bits per heavy atom. The van der Waals surface area contributed by atoms with E-state index >= 15 is 0 Å². The van der Waals surface area contributed by atoms with Crippen molar-refractivity contribution in [2.24, 2.45) is 5.41 Å². The Labute approximate surface area is 89.0 Å². The van der Waals surface area contributed by atoms with Crippen molar-refractivity contribution in [1.29, 1.82) is 0 Å². The van der Waals surface area contributed by atoms with Crippen molar-refractivity contribution in [3.8, 4) is 0 Å². The summed E-state index contributed by atoms with van der Waals surface area (Å²) in [5.74, 6) is -0.853. The van der Waals surface area contributed by atoms with Crippen LogP contribution in [0.1, 0.15) is 44.9 Å². The highest BCUT2D eigenvalue weighted by atomic mass is 16.4. The van der Waals surface area contributed by atoms with Crippen LogP contribution in [0.3, 0.4) is 0 Å². The number of nitrogens with one attached hydrogen (secondary N) is 1. The lowest BCUT2D eigenvalue weighted by atomic mass is 9.70. The van der Waals surface area contributed by atoms with Gasteiger partial charge in [0.15, 0.2) is 0 Å². The van der Waals surface area contributed by atoms with Crippen LogP contribution in [0, 0.1) is 5.41 Å². The van der Waals surface area contributed by atoms with Crippen molar-refractivity contribution in [1.82, 2.24) is 5.32 Å². The van der Waals surface area contributed by atoms with Gasteiger partial charge < -0.3 is 10.4 Å². The van der Waals surface area contributed by atoms with Crippen LogP contribution in [0.15, 0.2) is 0 Å². The minimum Gasteiger partial charge on any atom is -0.479 e. The first-order chi connectivity index (χ1) is 7.17. The lowest BCUT2D eigenvalue weighted by Gasteiger charge is -2.40. The van der Waals surface area contributed by atoms with Crippen molar-refractivity contribution < 1.29 is 14.7 Å². The van der Waals surface area contributed by atoms with Gasteiger partial charge in [0.2, 0.25) is 6.41 Å². The Balaban J connectivity index is 2.36. The number of hydrogen-bond acceptors (Lipinski definition) is 2. The minimum absolute atomic E-state index is 0.167. The van der Waals surface area contributed by atoms with E-state index in [1.807, 2.05) is 0 Å². The second-order valence-corrected chi connectivity index (χ2v) is 4.81. The van der Waals surface area contributed by atoms with Crippen LogP contribution in [0.25, 0.3) is 0 Å². The standard InChI is InChI=1S/C11H17NO3/c13-8-12-11(9(14)15)7-3-6-10(11)4-1-2-5-10/h8H,1-7H2,(H,12,13)(H,14,15). The normalized spacial score (nSPS) is 33.1. The van der Waals surface area contributed by atoms with E-state index in [1.54, 1.807) is 0 Å². The van der Waals surface area contributed by atoms with Gasteiger partial charge in [-0.3, -0.25) is 4.79 Å². The molecule has 2 N–H and O–H groups in total. The molecule has 2 aliphatic rings. The van der Waals surface area contributed by atoms with Crippen molar-refractivity contribution in [2.75, 3.05) is 0 Å². The average molecular weight is 211 g/mol. The summed E-state index contributed by atoms with van der Waals surface area (Å²) in [7, 11) is 0. The quantitative estimate of drug-likeness (QED) is 0.691. The molecule has 0 heterocycles. The van der Waals surface area contributed by atoms with Crippen LogP contribution in [-0.4, -0.2) is 23.0 Å². The van der Waals surface area contributed by atoms with Crippen molar-refractivity contribution >= 4 is 12.4 Å². The molecule has 0 aliphatic heterocycles. The number of carboxylic acids is 1. The topological polar surface area (TPSA) is 66.4 Å². The smallest absolute Gasteiger partial charge is 0.329 e. The van der Waals surface area contributed by atoms with Crippen LogP contribution in [-0.2, 0) is 9.59 Å². The molecule has 4 heteroatoms. The summed E-state index contributed by atoms with van der Waals surface area (Å²) < 4.78 is 0. The first kappa shape index (κ1) is 10.5. The molecule has 0 bridgehead atoms.